The van der Waals surface area contributed by atoms with Crippen LogP contribution in [-0.2, 0) is 9.53 Å². The minimum atomic E-state index is -0.750. The average molecular weight is 660 g/mol. The van der Waals surface area contributed by atoms with E-state index in [0.29, 0.717) is 26.4 Å². The van der Waals surface area contributed by atoms with E-state index < -0.39 is 12.0 Å². The van der Waals surface area contributed by atoms with Crippen molar-refractivity contribution in [2.75, 3.05) is 18.6 Å². The molecule has 2 aliphatic heterocycles. The van der Waals surface area contributed by atoms with Crippen molar-refractivity contribution in [1.82, 2.24) is 4.57 Å². The van der Waals surface area contributed by atoms with Gasteiger partial charge in [0.15, 0.2) is 4.80 Å². The maximum atomic E-state index is 14.4. The zero-order valence-electron chi connectivity index (χ0n) is 26.5. The lowest BCUT2D eigenvalue weighted by atomic mass is 9.93. The van der Waals surface area contributed by atoms with E-state index in [0.717, 1.165) is 27.3 Å². The smallest absolute Gasteiger partial charge is 0.338 e. The number of nitrogens with zero attached hydrogens (tertiary/aromatic N) is 3. The Balaban J connectivity index is 1.40. The summed E-state index contributed by atoms with van der Waals surface area (Å²) in [5.74, 6) is 0.202. The van der Waals surface area contributed by atoms with Gasteiger partial charge in [-0.2, -0.15) is 0 Å². The van der Waals surface area contributed by atoms with Crippen molar-refractivity contribution in [3.05, 3.63) is 139 Å². The van der Waals surface area contributed by atoms with Gasteiger partial charge in [0.25, 0.3) is 5.56 Å². The fraction of sp³-hybridized carbons (Fsp3) is 0.184. The number of para-hydroxylation sites is 1. The minimum Gasteiger partial charge on any atom is -0.491 e. The molecule has 0 aliphatic carbocycles. The second-order valence-electron chi connectivity index (χ2n) is 11.5. The van der Waals surface area contributed by atoms with Crippen LogP contribution in [0.4, 0.5) is 11.4 Å². The predicted molar refractivity (Wildman–Crippen MR) is 188 cm³/mol. The number of fused-ring (bicyclic) bond motifs is 3. The highest BCUT2D eigenvalue weighted by molar-refractivity contribution is 7.99. The van der Waals surface area contributed by atoms with Crippen LogP contribution in [0.15, 0.2) is 122 Å². The van der Waals surface area contributed by atoms with Gasteiger partial charge < -0.3 is 14.4 Å². The van der Waals surface area contributed by atoms with E-state index in [4.69, 9.17) is 14.5 Å². The second kappa shape index (κ2) is 12.7. The summed E-state index contributed by atoms with van der Waals surface area (Å²) in [6.45, 7) is 5.91. The number of carbonyl (C=O) groups is 1. The molecular weight excluding hydrogens is 627 g/mol. The molecule has 236 valence electrons. The maximum Gasteiger partial charge on any atom is 0.338 e. The third-order valence-corrected chi connectivity index (χ3v) is 10.1. The Kier molecular flexibility index (Phi) is 8.34. The summed E-state index contributed by atoms with van der Waals surface area (Å²) in [4.78, 5) is 38.1. The van der Waals surface area contributed by atoms with Crippen LogP contribution in [0.25, 0.3) is 11.8 Å². The van der Waals surface area contributed by atoms with Crippen LogP contribution in [0.5, 0.6) is 5.75 Å². The van der Waals surface area contributed by atoms with Gasteiger partial charge in [0.05, 0.1) is 45.9 Å². The minimum absolute atomic E-state index is 0.00957. The van der Waals surface area contributed by atoms with Crippen molar-refractivity contribution in [3.8, 4) is 5.75 Å². The molecule has 3 heterocycles. The van der Waals surface area contributed by atoms with Crippen LogP contribution in [0, 0.1) is 0 Å². The van der Waals surface area contributed by atoms with Gasteiger partial charge in [-0.3, -0.25) is 9.36 Å². The number of benzene rings is 4. The number of ether oxygens (including phenoxy) is 2. The number of aromatic nitrogens is 1. The molecule has 1 aromatic heterocycles. The molecule has 0 saturated heterocycles. The Hall–Kier alpha value is -4.86. The molecule has 0 saturated carbocycles. The molecule has 47 heavy (non-hydrogen) atoms. The molecule has 0 bridgehead atoms. The molecule has 0 amide bonds. The number of esters is 1. The van der Waals surface area contributed by atoms with E-state index in [1.54, 1.807) is 23.3 Å². The summed E-state index contributed by atoms with van der Waals surface area (Å²) in [6.07, 6.45) is 1.92. The van der Waals surface area contributed by atoms with Crippen LogP contribution in [0.3, 0.4) is 0 Å². The highest BCUT2D eigenvalue weighted by Crippen LogP contribution is 2.47. The Morgan fingerprint density at radius 2 is 1.66 bits per heavy atom. The number of hydrogen-bond donors (Lipinski definition) is 0. The van der Waals surface area contributed by atoms with E-state index in [1.807, 2.05) is 92.7 Å². The monoisotopic (exact) mass is 659 g/mol. The maximum absolute atomic E-state index is 14.4. The fourth-order valence-corrected chi connectivity index (χ4v) is 8.15. The van der Waals surface area contributed by atoms with Crippen LogP contribution in [0.1, 0.15) is 43.5 Å². The van der Waals surface area contributed by atoms with Crippen molar-refractivity contribution in [1.29, 1.82) is 0 Å². The lowest BCUT2D eigenvalue weighted by molar-refractivity contribution is -0.138. The predicted octanol–water partition coefficient (Wildman–Crippen LogP) is 6.96. The Bertz CT molecular complexity index is 2200. The second-order valence-corrected chi connectivity index (χ2v) is 13.6. The quantitative estimate of drug-likeness (QED) is 0.176. The largest absolute Gasteiger partial charge is 0.491 e. The van der Waals surface area contributed by atoms with Gasteiger partial charge in [-0.25, -0.2) is 9.79 Å². The summed E-state index contributed by atoms with van der Waals surface area (Å²) >= 11 is 3.04. The highest BCUT2D eigenvalue weighted by atomic mass is 32.2. The van der Waals surface area contributed by atoms with Gasteiger partial charge in [-0.15, -0.1) is 0 Å². The Morgan fingerprint density at radius 3 is 2.40 bits per heavy atom. The molecule has 0 N–H and O–H groups in total. The standard InChI is InChI=1S/C38H33N3O4S2/c1-5-44-37(43)33-34(25-11-7-6-8-12-25)39-38-41(35(33)26-16-18-27(19-17-26)45-23(2)3)36(42)32(47-38)22-24-15-20-29-31(21-24)46-30-14-10-9-13-28(30)40(29)4/h6-23,35H,5H2,1-4H3/b32-22-/t35-/m0/s1. The van der Waals surface area contributed by atoms with Crippen molar-refractivity contribution in [2.24, 2.45) is 4.99 Å². The Morgan fingerprint density at radius 1 is 0.936 bits per heavy atom. The van der Waals surface area contributed by atoms with Crippen molar-refractivity contribution >= 4 is 52.2 Å². The molecule has 5 aromatic rings. The SMILES string of the molecule is CCOC(=O)C1=C(c2ccccc2)N=c2s/c(=C\c3ccc4c(c3)Sc3ccccc3N4C)c(=O)n2[C@H]1c1ccc(OC(C)C)cc1. The summed E-state index contributed by atoms with van der Waals surface area (Å²) in [5, 5.41) is 0. The van der Waals surface area contributed by atoms with Gasteiger partial charge >= 0.3 is 5.97 Å². The van der Waals surface area contributed by atoms with E-state index in [1.165, 1.54) is 21.9 Å². The van der Waals surface area contributed by atoms with E-state index >= 15 is 0 Å². The first-order valence-corrected chi connectivity index (χ1v) is 17.2. The molecule has 0 fully saturated rings. The molecular formula is C38H33N3O4S2. The van der Waals surface area contributed by atoms with Crippen molar-refractivity contribution in [2.45, 2.75) is 42.7 Å². The van der Waals surface area contributed by atoms with E-state index in [-0.39, 0.29) is 18.3 Å². The number of hydrogen-bond acceptors (Lipinski definition) is 8. The summed E-state index contributed by atoms with van der Waals surface area (Å²) in [6, 6.07) is 31.0. The van der Waals surface area contributed by atoms with Crippen LogP contribution >= 0.6 is 23.1 Å². The van der Waals surface area contributed by atoms with Gasteiger partial charge in [0.1, 0.15) is 5.75 Å². The number of carbonyl (C=O) groups excluding carboxylic acids is 1. The van der Waals surface area contributed by atoms with Gasteiger partial charge in [0.2, 0.25) is 0 Å². The molecule has 1 atom stereocenters. The number of thiazole rings is 1. The zero-order valence-corrected chi connectivity index (χ0v) is 28.1. The summed E-state index contributed by atoms with van der Waals surface area (Å²) < 4.78 is 13.6. The first kappa shape index (κ1) is 30.8. The number of anilines is 2. The molecule has 7 nitrogen and oxygen atoms in total. The molecule has 0 unspecified atom stereocenters. The van der Waals surface area contributed by atoms with Crippen LogP contribution in [0.2, 0.25) is 0 Å². The first-order valence-electron chi connectivity index (χ1n) is 15.5. The molecule has 0 radical (unpaired) electrons. The molecule has 0 spiro atoms. The van der Waals surface area contributed by atoms with Gasteiger partial charge in [0, 0.05) is 22.4 Å². The summed E-state index contributed by atoms with van der Waals surface area (Å²) in [5.41, 5.74) is 5.32. The van der Waals surface area contributed by atoms with Crippen LogP contribution < -0.4 is 24.5 Å². The fourth-order valence-electron chi connectivity index (χ4n) is 5.96. The van der Waals surface area contributed by atoms with Gasteiger partial charge in [-0.05, 0) is 74.4 Å². The third kappa shape index (κ3) is 5.81. The third-order valence-electron chi connectivity index (χ3n) is 8.03. The number of rotatable bonds is 7. The highest BCUT2D eigenvalue weighted by Gasteiger charge is 2.35. The topological polar surface area (TPSA) is 73.1 Å². The lowest BCUT2D eigenvalue weighted by Gasteiger charge is -2.29. The Labute approximate surface area is 281 Å². The van der Waals surface area contributed by atoms with E-state index in [9.17, 15) is 9.59 Å². The first-order chi connectivity index (χ1) is 22.8. The molecule has 7 rings (SSSR count). The van der Waals surface area contributed by atoms with Gasteiger partial charge in [-0.1, -0.05) is 83.8 Å². The van der Waals surface area contributed by atoms with Crippen molar-refractivity contribution in [3.63, 3.8) is 0 Å². The summed E-state index contributed by atoms with van der Waals surface area (Å²) in [7, 11) is 2.07. The lowest BCUT2D eigenvalue weighted by Crippen LogP contribution is -2.40. The van der Waals surface area contributed by atoms with Crippen LogP contribution in [-0.4, -0.2) is 30.3 Å². The zero-order chi connectivity index (χ0) is 32.7. The van der Waals surface area contributed by atoms with E-state index in [2.05, 4.69) is 36.2 Å². The van der Waals surface area contributed by atoms with Crippen molar-refractivity contribution < 1.29 is 14.3 Å². The molecule has 2 aliphatic rings. The molecule has 4 aromatic carbocycles. The molecule has 9 heteroatoms. The average Bonchev–Trinajstić information content (AvgIpc) is 3.38. The normalized spacial score (nSPS) is 15.6.